The number of benzene rings is 2. The Labute approximate surface area is 167 Å². The van der Waals surface area contributed by atoms with Crippen molar-refractivity contribution in [1.29, 1.82) is 0 Å². The normalized spacial score (nSPS) is 10.8. The zero-order valence-electron chi connectivity index (χ0n) is 13.1. The van der Waals surface area contributed by atoms with Gasteiger partial charge in [-0.3, -0.25) is 0 Å². The third-order valence-corrected chi connectivity index (χ3v) is 3.87. The Morgan fingerprint density at radius 1 is 1.00 bits per heavy atom. The van der Waals surface area contributed by atoms with E-state index in [9.17, 15) is 35.3 Å². The van der Waals surface area contributed by atoms with Crippen LogP contribution >= 0.6 is 0 Å². The van der Waals surface area contributed by atoms with Gasteiger partial charge in [0.1, 0.15) is 15.0 Å². The van der Waals surface area contributed by atoms with Gasteiger partial charge in [-0.2, -0.15) is 8.78 Å². The van der Waals surface area contributed by atoms with Crippen LogP contribution in [0.5, 0.6) is 5.75 Å². The Kier molecular flexibility index (Phi) is 7.14. The fourth-order valence-corrected chi connectivity index (χ4v) is 2.43. The molecule has 0 saturated carbocycles. The van der Waals surface area contributed by atoms with Crippen molar-refractivity contribution >= 4 is 22.2 Å². The zero-order valence-corrected chi connectivity index (χ0v) is 15.9. The van der Waals surface area contributed by atoms with Crippen molar-refractivity contribution in [2.75, 3.05) is 0 Å². The van der Waals surface area contributed by atoms with Crippen LogP contribution in [-0.4, -0.2) is 18.9 Å². The van der Waals surface area contributed by atoms with Crippen molar-refractivity contribution in [3.05, 3.63) is 65.2 Å². The maximum absolute atomic E-state index is 13.8. The predicted molar refractivity (Wildman–Crippen MR) is 75.7 cm³/mol. The maximum Gasteiger partial charge on any atom is 1.00 e. The summed E-state index contributed by atoms with van der Waals surface area (Å²) < 4.78 is 91.1. The molecule has 26 heavy (non-hydrogen) atoms. The van der Waals surface area contributed by atoms with Gasteiger partial charge in [-0.15, -0.1) is 0 Å². The van der Waals surface area contributed by atoms with Crippen molar-refractivity contribution in [2.24, 2.45) is 0 Å². The maximum atomic E-state index is 13.8. The van der Waals surface area contributed by atoms with E-state index in [4.69, 9.17) is 0 Å². The first-order valence-corrected chi connectivity index (χ1v) is 7.75. The van der Waals surface area contributed by atoms with Crippen LogP contribution in [0.3, 0.4) is 0 Å². The molecule has 5 nitrogen and oxygen atoms in total. The molecule has 132 valence electrons. The molecule has 0 aliphatic heterocycles. The Balaban J connectivity index is 0.00000338. The fraction of sp³-hybridized carbons (Fsp3) is 0. The van der Waals surface area contributed by atoms with E-state index in [-0.39, 0.29) is 35.1 Å². The molecule has 0 atom stereocenters. The van der Waals surface area contributed by atoms with E-state index in [1.807, 2.05) is 0 Å². The van der Waals surface area contributed by atoms with E-state index in [0.29, 0.717) is 5.56 Å². The second-order valence-electron chi connectivity index (χ2n) is 4.58. The molecule has 0 aliphatic rings. The second-order valence-corrected chi connectivity index (χ2v) is 5.90. The predicted octanol–water partition coefficient (Wildman–Crippen LogP) is 0.0133. The van der Waals surface area contributed by atoms with Gasteiger partial charge in [0.05, 0.1) is 5.56 Å². The van der Waals surface area contributed by atoms with Crippen molar-refractivity contribution in [1.82, 2.24) is 0 Å². The van der Waals surface area contributed by atoms with E-state index < -0.39 is 50.0 Å². The molecule has 0 bridgehead atoms. The molecule has 2 rings (SSSR count). The number of esters is 1. The second kappa shape index (κ2) is 8.31. The molecule has 2 aromatic carbocycles. The summed E-state index contributed by atoms with van der Waals surface area (Å²) in [4.78, 5) is 9.48. The number of hydrogen-bond acceptors (Lipinski definition) is 5. The smallest absolute Gasteiger partial charge is 0.744 e. The SMILES string of the molecule is C=Cc1ccc(C(=O)Oc2c(F)c(F)c(S(=O)(=O)[O-])c(F)c2F)cc1.[Na+]. The van der Waals surface area contributed by atoms with Gasteiger partial charge in [0.15, 0.2) is 11.6 Å². The molecule has 0 fully saturated rings. The van der Waals surface area contributed by atoms with E-state index in [0.717, 1.165) is 0 Å². The molecule has 0 unspecified atom stereocenters. The van der Waals surface area contributed by atoms with Crippen LogP contribution in [0.25, 0.3) is 6.08 Å². The Morgan fingerprint density at radius 3 is 1.85 bits per heavy atom. The standard InChI is InChI=1S/C15H8F4O5S.Na/c1-2-7-3-5-8(6-4-7)15(20)24-13-9(16)11(18)14(25(21,22)23)12(19)10(13)17;/h2-6H,1H2,(H,21,22,23);/q;+1/p-1. The largest absolute Gasteiger partial charge is 1.00 e. The van der Waals surface area contributed by atoms with Crippen LogP contribution < -0.4 is 34.3 Å². The molecule has 0 spiro atoms. The van der Waals surface area contributed by atoms with Gasteiger partial charge in [0.2, 0.25) is 17.4 Å². The van der Waals surface area contributed by atoms with Crippen LogP contribution in [-0.2, 0) is 10.1 Å². The van der Waals surface area contributed by atoms with Gasteiger partial charge in [-0.05, 0) is 17.7 Å². The van der Waals surface area contributed by atoms with Gasteiger partial charge in [-0.1, -0.05) is 24.8 Å². The first kappa shape index (κ1) is 22.3. The number of rotatable bonds is 4. The summed E-state index contributed by atoms with van der Waals surface area (Å²) in [5.74, 6) is -12.8. The number of ether oxygens (including phenoxy) is 1. The van der Waals surface area contributed by atoms with Crippen molar-refractivity contribution in [3.8, 4) is 5.75 Å². The molecular formula is C15H7F4NaO5S. The van der Waals surface area contributed by atoms with Crippen molar-refractivity contribution in [2.45, 2.75) is 4.90 Å². The van der Waals surface area contributed by atoms with Crippen LogP contribution in [0.2, 0.25) is 0 Å². The summed E-state index contributed by atoms with van der Waals surface area (Å²) >= 11 is 0. The number of carbonyl (C=O) groups is 1. The van der Waals surface area contributed by atoms with E-state index in [1.54, 1.807) is 0 Å². The summed E-state index contributed by atoms with van der Waals surface area (Å²) in [6, 6.07) is 5.20. The van der Waals surface area contributed by atoms with Crippen LogP contribution in [0.4, 0.5) is 17.6 Å². The minimum absolute atomic E-state index is 0. The molecule has 0 radical (unpaired) electrons. The van der Waals surface area contributed by atoms with Crippen LogP contribution in [0, 0.1) is 23.3 Å². The Morgan fingerprint density at radius 2 is 1.46 bits per heavy atom. The molecular weight excluding hydrogens is 391 g/mol. The summed E-state index contributed by atoms with van der Waals surface area (Å²) in [6.07, 6.45) is 1.45. The quantitative estimate of drug-likeness (QED) is 0.181. The summed E-state index contributed by atoms with van der Waals surface area (Å²) in [5.41, 5.74) is 0.391. The topological polar surface area (TPSA) is 83.5 Å². The van der Waals surface area contributed by atoms with Gasteiger partial charge in [0.25, 0.3) is 0 Å². The molecule has 0 saturated heterocycles. The molecule has 0 heterocycles. The van der Waals surface area contributed by atoms with Gasteiger partial charge < -0.3 is 9.29 Å². The Bertz CT molecular complexity index is 946. The van der Waals surface area contributed by atoms with Crippen molar-refractivity contribution < 1.29 is 69.6 Å². The molecule has 0 aliphatic carbocycles. The molecule has 2 aromatic rings. The average Bonchev–Trinajstić information content (AvgIpc) is 2.55. The fourth-order valence-electron chi connectivity index (χ4n) is 1.81. The monoisotopic (exact) mass is 398 g/mol. The van der Waals surface area contributed by atoms with Crippen LogP contribution in [0.1, 0.15) is 15.9 Å². The average molecular weight is 398 g/mol. The third-order valence-electron chi connectivity index (χ3n) is 3.01. The summed E-state index contributed by atoms with van der Waals surface area (Å²) in [6.45, 7) is 3.47. The third kappa shape index (κ3) is 4.33. The van der Waals surface area contributed by atoms with Gasteiger partial charge in [0, 0.05) is 0 Å². The van der Waals surface area contributed by atoms with Crippen molar-refractivity contribution in [3.63, 3.8) is 0 Å². The van der Waals surface area contributed by atoms with Gasteiger partial charge in [-0.25, -0.2) is 22.0 Å². The molecule has 11 heteroatoms. The molecule has 0 aromatic heterocycles. The first-order valence-electron chi connectivity index (χ1n) is 6.34. The van der Waals surface area contributed by atoms with E-state index >= 15 is 0 Å². The number of hydrogen-bond donors (Lipinski definition) is 0. The van der Waals surface area contributed by atoms with E-state index in [2.05, 4.69) is 11.3 Å². The minimum atomic E-state index is -5.84. The first-order chi connectivity index (χ1) is 11.6. The minimum Gasteiger partial charge on any atom is -0.744 e. The van der Waals surface area contributed by atoms with E-state index in [1.165, 1.54) is 30.3 Å². The zero-order chi connectivity index (χ0) is 18.9. The number of carbonyl (C=O) groups excluding carboxylic acids is 1. The van der Waals surface area contributed by atoms with Gasteiger partial charge >= 0.3 is 35.5 Å². The Hall–Kier alpha value is -1.72. The molecule has 0 amide bonds. The van der Waals surface area contributed by atoms with Crippen LogP contribution in [0.15, 0.2) is 35.7 Å². The summed E-state index contributed by atoms with van der Waals surface area (Å²) in [5, 5.41) is 0. The number of halogens is 4. The molecule has 0 N–H and O–H groups in total. The summed E-state index contributed by atoms with van der Waals surface area (Å²) in [7, 11) is -5.84.